The van der Waals surface area contributed by atoms with Gasteiger partial charge in [0.2, 0.25) is 5.69 Å². The Morgan fingerprint density at radius 2 is 1.84 bits per heavy atom. The van der Waals surface area contributed by atoms with Crippen LogP contribution >= 0.6 is 15.9 Å². The molecule has 0 fully saturated rings. The first-order chi connectivity index (χ1) is 14.9. The van der Waals surface area contributed by atoms with Crippen molar-refractivity contribution in [2.75, 3.05) is 31.6 Å². The first kappa shape index (κ1) is 23.3. The summed E-state index contributed by atoms with van der Waals surface area (Å²) < 4.78 is 9.24. The zero-order chi connectivity index (χ0) is 22.6. The quantitative estimate of drug-likeness (QED) is 0.283. The van der Waals surface area contributed by atoms with Gasteiger partial charge in [-0.05, 0) is 63.6 Å². The summed E-state index contributed by atoms with van der Waals surface area (Å²) >= 11 is 3.66. The monoisotopic (exact) mass is 481 g/mol. The first-order valence-corrected chi connectivity index (χ1v) is 11.9. The molecule has 0 saturated heterocycles. The topological polar surface area (TPSA) is 15.5 Å². The lowest BCUT2D eigenvalue weighted by Gasteiger charge is -2.22. The summed E-state index contributed by atoms with van der Waals surface area (Å²) in [5, 5.41) is 0. The van der Waals surface area contributed by atoms with Gasteiger partial charge < -0.3 is 9.64 Å². The molecule has 0 amide bonds. The lowest BCUT2D eigenvalue weighted by Crippen LogP contribution is -2.30. The molecule has 1 heterocycles. The molecule has 0 bridgehead atoms. The van der Waals surface area contributed by atoms with Crippen molar-refractivity contribution in [1.29, 1.82) is 0 Å². The summed E-state index contributed by atoms with van der Waals surface area (Å²) in [6.45, 7) is 15.7. The molecule has 3 rings (SSSR count). The van der Waals surface area contributed by atoms with Crippen molar-refractivity contribution in [2.24, 2.45) is 0 Å². The van der Waals surface area contributed by atoms with Gasteiger partial charge in [-0.3, -0.25) is 0 Å². The van der Waals surface area contributed by atoms with E-state index in [4.69, 9.17) is 4.74 Å². The Kier molecular flexibility index (Phi) is 7.42. The fraction of sp³-hybridized carbons (Fsp3) is 0.370. The Labute approximate surface area is 195 Å². The number of methoxy groups -OCH3 is 1. The van der Waals surface area contributed by atoms with Gasteiger partial charge >= 0.3 is 0 Å². The zero-order valence-electron chi connectivity index (χ0n) is 19.4. The van der Waals surface area contributed by atoms with E-state index in [9.17, 15) is 0 Å². The lowest BCUT2D eigenvalue weighted by molar-refractivity contribution is -0.425. The second kappa shape index (κ2) is 9.86. The maximum Gasteiger partial charge on any atom is 0.210 e. The Bertz CT molecular complexity index is 1020. The van der Waals surface area contributed by atoms with Crippen molar-refractivity contribution in [3.63, 3.8) is 0 Å². The molecule has 0 radical (unpaired) electrons. The highest BCUT2D eigenvalue weighted by atomic mass is 79.9. The van der Waals surface area contributed by atoms with E-state index in [1.807, 2.05) is 6.08 Å². The van der Waals surface area contributed by atoms with Crippen LogP contribution in [0, 0.1) is 0 Å². The second-order valence-electron chi connectivity index (χ2n) is 8.06. The van der Waals surface area contributed by atoms with E-state index in [1.54, 1.807) is 7.11 Å². The summed E-state index contributed by atoms with van der Waals surface area (Å²) in [7, 11) is 1.74. The molecule has 1 aliphatic rings. The summed E-state index contributed by atoms with van der Waals surface area (Å²) in [6.07, 6.45) is 7.43. The molecule has 2 aromatic rings. The molecule has 4 heteroatoms. The van der Waals surface area contributed by atoms with Gasteiger partial charge in [-0.25, -0.2) is 0 Å². The van der Waals surface area contributed by atoms with Gasteiger partial charge in [-0.2, -0.15) is 4.58 Å². The molecule has 2 aromatic carbocycles. The van der Waals surface area contributed by atoms with Gasteiger partial charge in [-0.15, -0.1) is 0 Å². The van der Waals surface area contributed by atoms with Gasteiger partial charge in [0, 0.05) is 52.6 Å². The zero-order valence-corrected chi connectivity index (χ0v) is 21.0. The largest absolute Gasteiger partial charge is 0.496 e. The molecule has 0 N–H and O–H groups in total. The van der Waals surface area contributed by atoms with Crippen LogP contribution in [0.1, 0.15) is 45.2 Å². The van der Waals surface area contributed by atoms with Crippen molar-refractivity contribution in [3.8, 4) is 5.75 Å². The van der Waals surface area contributed by atoms with Gasteiger partial charge in [0.25, 0.3) is 0 Å². The molecule has 1 atom stereocenters. The normalized spacial score (nSPS) is 17.9. The van der Waals surface area contributed by atoms with Gasteiger partial charge in [0.15, 0.2) is 12.3 Å². The molecule has 164 valence electrons. The number of rotatable bonds is 9. The van der Waals surface area contributed by atoms with Crippen molar-refractivity contribution in [1.82, 2.24) is 0 Å². The molecule has 31 heavy (non-hydrogen) atoms. The summed E-state index contributed by atoms with van der Waals surface area (Å²) in [6, 6.07) is 13.1. The third-order valence-electron chi connectivity index (χ3n) is 6.49. The van der Waals surface area contributed by atoms with Gasteiger partial charge in [-0.1, -0.05) is 29.4 Å². The molecule has 0 aromatic heterocycles. The number of benzene rings is 2. The van der Waals surface area contributed by atoms with Crippen LogP contribution in [0.2, 0.25) is 0 Å². The Morgan fingerprint density at radius 1 is 1.10 bits per heavy atom. The molecule has 0 aliphatic carbocycles. The number of fused-ring (bicyclic) bond motifs is 1. The van der Waals surface area contributed by atoms with Crippen LogP contribution < -0.4 is 9.64 Å². The van der Waals surface area contributed by atoms with E-state index < -0.39 is 0 Å². The van der Waals surface area contributed by atoms with E-state index in [2.05, 4.69) is 108 Å². The number of nitrogens with zero attached hydrogens (tertiary/aromatic N) is 2. The number of hydrogen-bond acceptors (Lipinski definition) is 2. The molecule has 1 unspecified atom stereocenters. The SMILES string of the molecule is C=CC[N+]1=C(/C=C/c2ccc(N(CC)CC)cc2OC)C(C)(CC)c2cc(Br)ccc21. The van der Waals surface area contributed by atoms with Crippen LogP contribution in [0.15, 0.2) is 59.6 Å². The maximum absolute atomic E-state index is 5.75. The second-order valence-corrected chi connectivity index (χ2v) is 8.98. The number of hydrogen-bond donors (Lipinski definition) is 0. The average molecular weight is 482 g/mol. The Hall–Kier alpha value is -2.33. The van der Waals surface area contributed by atoms with E-state index in [1.165, 1.54) is 22.6 Å². The van der Waals surface area contributed by atoms with Crippen LogP contribution in [-0.4, -0.2) is 37.0 Å². The maximum atomic E-state index is 5.75. The number of anilines is 1. The van der Waals surface area contributed by atoms with E-state index in [0.717, 1.165) is 41.8 Å². The van der Waals surface area contributed by atoms with E-state index >= 15 is 0 Å². The summed E-state index contributed by atoms with van der Waals surface area (Å²) in [5.41, 5.74) is 6.12. The Morgan fingerprint density at radius 3 is 2.45 bits per heavy atom. The standard InChI is InChI=1S/C27H34BrN2O/c1-7-17-30-24-15-13-21(28)18-23(24)27(5,8-2)26(30)16-12-20-11-14-22(19-25(20)31-6)29(9-3)10-4/h7,11-16,18-19H,1,8-10,17H2,2-6H3/q+1. The third kappa shape index (κ3) is 4.36. The fourth-order valence-electron chi connectivity index (χ4n) is 4.51. The summed E-state index contributed by atoms with van der Waals surface area (Å²) in [4.78, 5) is 2.33. The molecular weight excluding hydrogens is 448 g/mol. The molecule has 0 saturated carbocycles. The minimum Gasteiger partial charge on any atom is -0.496 e. The number of halogens is 1. The lowest BCUT2D eigenvalue weighted by atomic mass is 9.77. The fourth-order valence-corrected chi connectivity index (χ4v) is 4.88. The van der Waals surface area contributed by atoms with Crippen LogP contribution in [0.5, 0.6) is 5.75 Å². The van der Waals surface area contributed by atoms with Gasteiger partial charge in [0.05, 0.1) is 12.5 Å². The van der Waals surface area contributed by atoms with Crippen LogP contribution in [-0.2, 0) is 5.41 Å². The van der Waals surface area contributed by atoms with E-state index in [0.29, 0.717) is 0 Å². The number of ether oxygens (including phenoxy) is 1. The van der Waals surface area contributed by atoms with Crippen molar-refractivity contribution in [3.05, 3.63) is 70.7 Å². The Balaban J connectivity index is 2.07. The van der Waals surface area contributed by atoms with Crippen molar-refractivity contribution >= 4 is 39.1 Å². The first-order valence-electron chi connectivity index (χ1n) is 11.1. The summed E-state index contributed by atoms with van der Waals surface area (Å²) in [5.74, 6) is 0.896. The van der Waals surface area contributed by atoms with Crippen LogP contribution in [0.4, 0.5) is 11.4 Å². The molecule has 0 spiro atoms. The number of allylic oxidation sites excluding steroid dienone is 1. The predicted molar refractivity (Wildman–Crippen MR) is 137 cm³/mol. The molecule has 1 aliphatic heterocycles. The minimum atomic E-state index is -0.0625. The molecule has 3 nitrogen and oxygen atoms in total. The highest BCUT2D eigenvalue weighted by molar-refractivity contribution is 9.10. The van der Waals surface area contributed by atoms with E-state index in [-0.39, 0.29) is 5.41 Å². The molecular formula is C27H34BrN2O+. The minimum absolute atomic E-state index is 0.0625. The van der Waals surface area contributed by atoms with Gasteiger partial charge in [0.1, 0.15) is 5.75 Å². The van der Waals surface area contributed by atoms with Crippen LogP contribution in [0.25, 0.3) is 6.08 Å². The highest BCUT2D eigenvalue weighted by Crippen LogP contribution is 2.43. The highest BCUT2D eigenvalue weighted by Gasteiger charge is 2.46. The predicted octanol–water partition coefficient (Wildman–Crippen LogP) is 6.97. The van der Waals surface area contributed by atoms with Crippen molar-refractivity contribution in [2.45, 2.75) is 39.5 Å². The smallest absolute Gasteiger partial charge is 0.210 e. The third-order valence-corrected chi connectivity index (χ3v) is 6.98. The van der Waals surface area contributed by atoms with Crippen molar-refractivity contribution < 1.29 is 9.31 Å². The average Bonchev–Trinajstić information content (AvgIpc) is 3.01. The van der Waals surface area contributed by atoms with Crippen LogP contribution in [0.3, 0.4) is 0 Å².